The number of aryl methyl sites for hydroxylation is 1. The van der Waals surface area contributed by atoms with Gasteiger partial charge in [0.05, 0.1) is 12.7 Å². The molecule has 2 rings (SSSR count). The van der Waals surface area contributed by atoms with Gasteiger partial charge in [0, 0.05) is 23.6 Å². The van der Waals surface area contributed by atoms with E-state index in [4.69, 9.17) is 4.74 Å². The average molecular weight is 313 g/mol. The summed E-state index contributed by atoms with van der Waals surface area (Å²) in [5, 5.41) is 6.78. The Bertz CT molecular complexity index is 391. The summed E-state index contributed by atoms with van der Waals surface area (Å²) in [5.41, 5.74) is 2.67. The van der Waals surface area contributed by atoms with Crippen molar-refractivity contribution in [2.24, 2.45) is 0 Å². The molecule has 1 fully saturated rings. The molecule has 18 heavy (non-hydrogen) atoms. The van der Waals surface area contributed by atoms with Crippen molar-refractivity contribution in [1.29, 1.82) is 0 Å². The Morgan fingerprint density at radius 2 is 2.39 bits per heavy atom. The van der Waals surface area contributed by atoms with E-state index >= 15 is 0 Å². The highest BCUT2D eigenvalue weighted by molar-refractivity contribution is 9.10. The summed E-state index contributed by atoms with van der Waals surface area (Å²) in [6.07, 6.45) is 1.30. The van der Waals surface area contributed by atoms with E-state index in [2.05, 4.69) is 51.7 Å². The Labute approximate surface area is 117 Å². The first-order valence-corrected chi connectivity index (χ1v) is 7.25. The Hall–Kier alpha value is -0.420. The highest BCUT2D eigenvalue weighted by Crippen LogP contribution is 2.26. The van der Waals surface area contributed by atoms with Gasteiger partial charge in [-0.05, 0) is 43.7 Å². The summed E-state index contributed by atoms with van der Waals surface area (Å²) in [4.78, 5) is 0. The fourth-order valence-electron chi connectivity index (χ4n) is 2.42. The predicted octanol–water partition coefficient (Wildman–Crippen LogP) is 2.40. The van der Waals surface area contributed by atoms with E-state index in [0.717, 1.165) is 30.6 Å². The standard InChI is InChI=1S/C14H21BrN2O/c1-10-3-4-11(15)7-13(10)14(16-2)8-12-9-17-5-6-18-12/h3-4,7,12,14,16-17H,5-6,8-9H2,1-2H3. The highest BCUT2D eigenvalue weighted by atomic mass is 79.9. The fourth-order valence-corrected chi connectivity index (χ4v) is 2.80. The number of hydrogen-bond acceptors (Lipinski definition) is 3. The van der Waals surface area contributed by atoms with Crippen LogP contribution in [-0.2, 0) is 4.74 Å². The van der Waals surface area contributed by atoms with Crippen LogP contribution < -0.4 is 10.6 Å². The van der Waals surface area contributed by atoms with Gasteiger partial charge >= 0.3 is 0 Å². The maximum absolute atomic E-state index is 5.79. The zero-order valence-corrected chi connectivity index (χ0v) is 12.6. The van der Waals surface area contributed by atoms with Crippen molar-refractivity contribution in [3.05, 3.63) is 33.8 Å². The van der Waals surface area contributed by atoms with Crippen LogP contribution >= 0.6 is 15.9 Å². The van der Waals surface area contributed by atoms with E-state index in [1.54, 1.807) is 0 Å². The van der Waals surface area contributed by atoms with Crippen molar-refractivity contribution in [3.8, 4) is 0 Å². The molecule has 100 valence electrons. The lowest BCUT2D eigenvalue weighted by Gasteiger charge is -2.28. The van der Waals surface area contributed by atoms with Crippen molar-refractivity contribution in [2.75, 3.05) is 26.7 Å². The molecule has 4 heteroatoms. The van der Waals surface area contributed by atoms with E-state index < -0.39 is 0 Å². The summed E-state index contributed by atoms with van der Waals surface area (Å²) >= 11 is 3.55. The van der Waals surface area contributed by atoms with Crippen molar-refractivity contribution in [3.63, 3.8) is 0 Å². The highest BCUT2D eigenvalue weighted by Gasteiger charge is 2.20. The molecule has 2 N–H and O–H groups in total. The first-order valence-electron chi connectivity index (χ1n) is 6.46. The molecule has 0 radical (unpaired) electrons. The van der Waals surface area contributed by atoms with E-state index in [1.807, 2.05) is 7.05 Å². The van der Waals surface area contributed by atoms with Crippen LogP contribution in [0.4, 0.5) is 0 Å². The Morgan fingerprint density at radius 1 is 1.56 bits per heavy atom. The lowest BCUT2D eigenvalue weighted by atomic mass is 9.96. The number of halogens is 1. The van der Waals surface area contributed by atoms with Crippen LogP contribution in [0, 0.1) is 6.92 Å². The second-order valence-electron chi connectivity index (χ2n) is 4.77. The number of benzene rings is 1. The zero-order chi connectivity index (χ0) is 13.0. The molecule has 1 heterocycles. The van der Waals surface area contributed by atoms with E-state index in [-0.39, 0.29) is 0 Å². The molecule has 1 saturated heterocycles. The third kappa shape index (κ3) is 3.54. The predicted molar refractivity (Wildman–Crippen MR) is 77.9 cm³/mol. The zero-order valence-electron chi connectivity index (χ0n) is 11.0. The Morgan fingerprint density at radius 3 is 3.06 bits per heavy atom. The molecule has 0 saturated carbocycles. The Balaban J connectivity index is 2.09. The Kier molecular flexibility index (Phi) is 5.18. The van der Waals surface area contributed by atoms with Gasteiger partial charge in [0.25, 0.3) is 0 Å². The summed E-state index contributed by atoms with van der Waals surface area (Å²) in [6, 6.07) is 6.79. The van der Waals surface area contributed by atoms with E-state index in [9.17, 15) is 0 Å². The molecule has 1 aliphatic rings. The minimum absolute atomic E-state index is 0.301. The fraction of sp³-hybridized carbons (Fsp3) is 0.571. The minimum Gasteiger partial charge on any atom is -0.376 e. The van der Waals surface area contributed by atoms with Gasteiger partial charge in [-0.1, -0.05) is 22.0 Å². The molecule has 1 aromatic rings. The molecule has 0 amide bonds. The van der Waals surface area contributed by atoms with E-state index in [0.29, 0.717) is 12.1 Å². The molecule has 1 aromatic carbocycles. The van der Waals surface area contributed by atoms with Crippen LogP contribution in [0.1, 0.15) is 23.6 Å². The molecule has 0 aromatic heterocycles. The van der Waals surface area contributed by atoms with Crippen LogP contribution in [0.25, 0.3) is 0 Å². The molecular formula is C14H21BrN2O. The van der Waals surface area contributed by atoms with Gasteiger partial charge < -0.3 is 15.4 Å². The normalized spacial score (nSPS) is 21.8. The van der Waals surface area contributed by atoms with Gasteiger partial charge in [0.15, 0.2) is 0 Å². The molecule has 2 unspecified atom stereocenters. The monoisotopic (exact) mass is 312 g/mol. The largest absolute Gasteiger partial charge is 0.376 e. The van der Waals surface area contributed by atoms with Crippen molar-refractivity contribution >= 4 is 15.9 Å². The lowest BCUT2D eigenvalue weighted by Crippen LogP contribution is -2.40. The quantitative estimate of drug-likeness (QED) is 0.895. The lowest BCUT2D eigenvalue weighted by molar-refractivity contribution is 0.0176. The second kappa shape index (κ2) is 6.66. The molecule has 0 bridgehead atoms. The molecule has 0 aliphatic carbocycles. The van der Waals surface area contributed by atoms with Crippen molar-refractivity contribution in [1.82, 2.24) is 10.6 Å². The minimum atomic E-state index is 0.301. The number of morpholine rings is 1. The molecule has 2 atom stereocenters. The third-order valence-electron chi connectivity index (χ3n) is 3.47. The summed E-state index contributed by atoms with van der Waals surface area (Å²) in [6.45, 7) is 4.90. The smallest absolute Gasteiger partial charge is 0.0718 e. The van der Waals surface area contributed by atoms with Gasteiger partial charge in [0.1, 0.15) is 0 Å². The second-order valence-corrected chi connectivity index (χ2v) is 5.69. The van der Waals surface area contributed by atoms with Crippen LogP contribution in [0.2, 0.25) is 0 Å². The van der Waals surface area contributed by atoms with Gasteiger partial charge in [-0.25, -0.2) is 0 Å². The van der Waals surface area contributed by atoms with Gasteiger partial charge in [-0.2, -0.15) is 0 Å². The van der Waals surface area contributed by atoms with Crippen LogP contribution in [0.5, 0.6) is 0 Å². The van der Waals surface area contributed by atoms with Gasteiger partial charge in [-0.15, -0.1) is 0 Å². The van der Waals surface area contributed by atoms with Crippen LogP contribution in [0.15, 0.2) is 22.7 Å². The number of hydrogen-bond donors (Lipinski definition) is 2. The topological polar surface area (TPSA) is 33.3 Å². The summed E-state index contributed by atoms with van der Waals surface area (Å²) in [7, 11) is 2.02. The first-order chi connectivity index (χ1) is 8.70. The third-order valence-corrected chi connectivity index (χ3v) is 3.96. The van der Waals surface area contributed by atoms with Crippen molar-refractivity contribution in [2.45, 2.75) is 25.5 Å². The van der Waals surface area contributed by atoms with Crippen molar-refractivity contribution < 1.29 is 4.74 Å². The SMILES string of the molecule is CNC(CC1CNCCO1)c1cc(Br)ccc1C. The molecular weight excluding hydrogens is 292 g/mol. The van der Waals surface area contributed by atoms with E-state index in [1.165, 1.54) is 11.1 Å². The maximum Gasteiger partial charge on any atom is 0.0718 e. The van der Waals surface area contributed by atoms with Gasteiger partial charge in [-0.3, -0.25) is 0 Å². The van der Waals surface area contributed by atoms with Crippen LogP contribution in [0.3, 0.4) is 0 Å². The summed E-state index contributed by atoms with van der Waals surface area (Å²) < 4.78 is 6.92. The van der Waals surface area contributed by atoms with Gasteiger partial charge in [0.2, 0.25) is 0 Å². The maximum atomic E-state index is 5.79. The number of ether oxygens (including phenoxy) is 1. The number of nitrogens with one attached hydrogen (secondary N) is 2. The summed E-state index contributed by atoms with van der Waals surface area (Å²) in [5.74, 6) is 0. The van der Waals surface area contributed by atoms with Crippen LogP contribution in [-0.4, -0.2) is 32.8 Å². The molecule has 0 spiro atoms. The average Bonchev–Trinajstić information content (AvgIpc) is 2.40. The molecule has 3 nitrogen and oxygen atoms in total. The first kappa shape index (κ1) is 14.0. The molecule has 1 aliphatic heterocycles. The number of rotatable bonds is 4.